The van der Waals surface area contributed by atoms with E-state index in [-0.39, 0.29) is 5.91 Å². The van der Waals surface area contributed by atoms with Gasteiger partial charge in [0.2, 0.25) is 0 Å². The minimum Gasteiger partial charge on any atom is -0.492 e. The third-order valence-electron chi connectivity index (χ3n) is 2.66. The Hall–Kier alpha value is -1.59. The van der Waals surface area contributed by atoms with Crippen LogP contribution in [0.25, 0.3) is 0 Å². The van der Waals surface area contributed by atoms with Crippen molar-refractivity contribution >= 4 is 39.1 Å². The van der Waals surface area contributed by atoms with E-state index in [9.17, 15) is 4.79 Å². The van der Waals surface area contributed by atoms with Gasteiger partial charge in [-0.2, -0.15) is 0 Å². The molecule has 110 valence electrons. The summed E-state index contributed by atoms with van der Waals surface area (Å²) in [5, 5.41) is 3.24. The first-order valence-corrected chi connectivity index (χ1v) is 7.63. The Balaban J connectivity index is 2.11. The molecule has 0 fully saturated rings. The molecule has 1 N–H and O–H groups in total. The van der Waals surface area contributed by atoms with Crippen molar-refractivity contribution in [3.8, 4) is 5.75 Å². The van der Waals surface area contributed by atoms with Gasteiger partial charge in [-0.1, -0.05) is 18.5 Å². The van der Waals surface area contributed by atoms with E-state index < -0.39 is 0 Å². The van der Waals surface area contributed by atoms with Crippen LogP contribution in [-0.2, 0) is 0 Å². The predicted octanol–water partition coefficient (Wildman–Crippen LogP) is 4.54. The first kappa shape index (κ1) is 15.8. The van der Waals surface area contributed by atoms with Crippen molar-refractivity contribution in [2.75, 3.05) is 11.9 Å². The summed E-state index contributed by atoms with van der Waals surface area (Å²) < 4.78 is 5.98. The van der Waals surface area contributed by atoms with Crippen molar-refractivity contribution in [3.05, 3.63) is 51.7 Å². The molecule has 0 atom stereocenters. The Morgan fingerprint density at radius 3 is 2.90 bits per heavy atom. The van der Waals surface area contributed by atoms with Crippen LogP contribution in [0.15, 0.2) is 41.1 Å². The highest BCUT2D eigenvalue weighted by Gasteiger charge is 2.11. The first-order chi connectivity index (χ1) is 10.1. The normalized spacial score (nSPS) is 10.2. The van der Waals surface area contributed by atoms with Crippen LogP contribution in [0.2, 0.25) is 5.02 Å². The zero-order valence-corrected chi connectivity index (χ0v) is 13.7. The van der Waals surface area contributed by atoms with Crippen molar-refractivity contribution in [2.45, 2.75) is 13.3 Å². The zero-order valence-electron chi connectivity index (χ0n) is 11.4. The highest BCUT2D eigenvalue weighted by atomic mass is 79.9. The van der Waals surface area contributed by atoms with E-state index in [4.69, 9.17) is 16.3 Å². The molecule has 0 saturated heterocycles. The molecule has 0 bridgehead atoms. The van der Waals surface area contributed by atoms with Gasteiger partial charge < -0.3 is 10.1 Å². The molecule has 0 aliphatic rings. The average Bonchev–Trinajstić information content (AvgIpc) is 2.47. The molecular weight excluding hydrogens is 356 g/mol. The molecule has 6 heteroatoms. The lowest BCUT2D eigenvalue weighted by atomic mass is 10.2. The number of hydrogen-bond acceptors (Lipinski definition) is 3. The summed E-state index contributed by atoms with van der Waals surface area (Å²) >= 11 is 9.37. The Kier molecular flexibility index (Phi) is 5.59. The molecule has 1 amide bonds. The van der Waals surface area contributed by atoms with Gasteiger partial charge in [-0.15, -0.1) is 0 Å². The van der Waals surface area contributed by atoms with Crippen LogP contribution in [0.5, 0.6) is 5.75 Å². The number of rotatable bonds is 5. The Bertz CT molecular complexity index is 649. The van der Waals surface area contributed by atoms with Crippen molar-refractivity contribution < 1.29 is 9.53 Å². The molecule has 0 saturated carbocycles. The number of amides is 1. The van der Waals surface area contributed by atoms with Gasteiger partial charge in [-0.3, -0.25) is 4.79 Å². The minimum absolute atomic E-state index is 0.256. The van der Waals surface area contributed by atoms with E-state index in [1.165, 1.54) is 0 Å². The van der Waals surface area contributed by atoms with Gasteiger partial charge in [0.15, 0.2) is 0 Å². The number of halogens is 2. The van der Waals surface area contributed by atoms with Crippen LogP contribution < -0.4 is 10.1 Å². The van der Waals surface area contributed by atoms with Gasteiger partial charge in [-0.25, -0.2) is 4.98 Å². The molecular formula is C15H14BrClN2O2. The van der Waals surface area contributed by atoms with Crippen molar-refractivity contribution in [2.24, 2.45) is 0 Å². The Morgan fingerprint density at radius 2 is 2.24 bits per heavy atom. The number of benzene rings is 1. The topological polar surface area (TPSA) is 51.2 Å². The number of aromatic nitrogens is 1. The Morgan fingerprint density at radius 1 is 1.43 bits per heavy atom. The molecule has 0 unspecified atom stereocenters. The summed E-state index contributed by atoms with van der Waals surface area (Å²) in [7, 11) is 0. The fraction of sp³-hybridized carbons (Fsp3) is 0.200. The maximum atomic E-state index is 12.1. The molecule has 0 spiro atoms. The van der Waals surface area contributed by atoms with E-state index >= 15 is 0 Å². The van der Waals surface area contributed by atoms with Crippen molar-refractivity contribution in [1.82, 2.24) is 4.98 Å². The number of hydrogen-bond donors (Lipinski definition) is 1. The fourth-order valence-electron chi connectivity index (χ4n) is 1.66. The van der Waals surface area contributed by atoms with Crippen LogP contribution in [0.3, 0.4) is 0 Å². The number of nitrogens with one attached hydrogen (secondary N) is 1. The summed E-state index contributed by atoms with van der Waals surface area (Å²) in [6.45, 7) is 2.63. The van der Waals surface area contributed by atoms with Gasteiger partial charge in [0, 0.05) is 11.9 Å². The number of nitrogens with zero attached hydrogens (tertiary/aromatic N) is 1. The number of ether oxygens (including phenoxy) is 1. The van der Waals surface area contributed by atoms with Gasteiger partial charge in [0.05, 0.1) is 17.2 Å². The smallest absolute Gasteiger partial charge is 0.258 e. The zero-order chi connectivity index (χ0) is 15.2. The lowest BCUT2D eigenvalue weighted by Gasteiger charge is -2.10. The quantitative estimate of drug-likeness (QED) is 0.787. The van der Waals surface area contributed by atoms with Gasteiger partial charge in [0.1, 0.15) is 10.4 Å². The number of carbonyl (C=O) groups is 1. The van der Waals surface area contributed by atoms with Crippen LogP contribution in [0, 0.1) is 0 Å². The molecule has 1 heterocycles. The summed E-state index contributed by atoms with van der Waals surface area (Å²) in [5.41, 5.74) is 1.06. The van der Waals surface area contributed by atoms with Gasteiger partial charge >= 0.3 is 0 Å². The largest absolute Gasteiger partial charge is 0.492 e. The predicted molar refractivity (Wildman–Crippen MR) is 87.1 cm³/mol. The monoisotopic (exact) mass is 368 g/mol. The summed E-state index contributed by atoms with van der Waals surface area (Å²) in [5.74, 6) is 0.354. The highest BCUT2D eigenvalue weighted by Crippen LogP contribution is 2.28. The second-order valence-electron chi connectivity index (χ2n) is 4.29. The first-order valence-electron chi connectivity index (χ1n) is 6.46. The molecule has 1 aromatic carbocycles. The molecule has 0 aliphatic heterocycles. The SMILES string of the molecule is CCCOc1ccc(NC(=O)c2cccnc2Br)cc1Cl. The maximum Gasteiger partial charge on any atom is 0.258 e. The molecule has 2 rings (SSSR count). The van der Waals surface area contributed by atoms with Crippen molar-refractivity contribution in [3.63, 3.8) is 0 Å². The van der Waals surface area contributed by atoms with E-state index in [0.717, 1.165) is 6.42 Å². The maximum absolute atomic E-state index is 12.1. The van der Waals surface area contributed by atoms with Crippen molar-refractivity contribution in [1.29, 1.82) is 0 Å². The number of carbonyl (C=O) groups excluding carboxylic acids is 1. The summed E-state index contributed by atoms with van der Waals surface area (Å²) in [4.78, 5) is 16.2. The molecule has 4 nitrogen and oxygen atoms in total. The van der Waals surface area contributed by atoms with Crippen LogP contribution in [-0.4, -0.2) is 17.5 Å². The van der Waals surface area contributed by atoms with E-state index in [1.807, 2.05) is 6.92 Å². The molecule has 0 radical (unpaired) electrons. The molecule has 2 aromatic rings. The van der Waals surface area contributed by atoms with Gasteiger partial charge in [0.25, 0.3) is 5.91 Å². The lowest BCUT2D eigenvalue weighted by molar-refractivity contribution is 0.102. The fourth-order valence-corrected chi connectivity index (χ4v) is 2.33. The third kappa shape index (κ3) is 4.19. The standard InChI is InChI=1S/C15H14BrClN2O2/c1-2-8-21-13-6-5-10(9-12(13)17)19-15(20)11-4-3-7-18-14(11)16/h3-7,9H,2,8H2,1H3,(H,19,20). The molecule has 1 aromatic heterocycles. The summed E-state index contributed by atoms with van der Waals surface area (Å²) in [6, 6.07) is 8.54. The van der Waals surface area contributed by atoms with E-state index in [2.05, 4.69) is 26.2 Å². The van der Waals surface area contributed by atoms with E-state index in [1.54, 1.807) is 36.5 Å². The Labute approximate surface area is 136 Å². The minimum atomic E-state index is -0.256. The van der Waals surface area contributed by atoms with Gasteiger partial charge in [-0.05, 0) is 52.7 Å². The van der Waals surface area contributed by atoms with Crippen LogP contribution in [0.4, 0.5) is 5.69 Å². The number of pyridine rings is 1. The average molecular weight is 370 g/mol. The van der Waals surface area contributed by atoms with Crippen LogP contribution >= 0.6 is 27.5 Å². The second kappa shape index (κ2) is 7.43. The van der Waals surface area contributed by atoms with E-state index in [0.29, 0.717) is 33.2 Å². The number of anilines is 1. The highest BCUT2D eigenvalue weighted by molar-refractivity contribution is 9.10. The summed E-state index contributed by atoms with van der Waals surface area (Å²) in [6.07, 6.45) is 2.52. The molecule has 0 aliphatic carbocycles. The second-order valence-corrected chi connectivity index (χ2v) is 5.45. The van der Waals surface area contributed by atoms with Crippen LogP contribution in [0.1, 0.15) is 23.7 Å². The third-order valence-corrected chi connectivity index (χ3v) is 3.58. The molecule has 21 heavy (non-hydrogen) atoms. The lowest BCUT2D eigenvalue weighted by Crippen LogP contribution is -2.13.